The van der Waals surface area contributed by atoms with Crippen molar-refractivity contribution in [3.05, 3.63) is 99.2 Å². The van der Waals surface area contributed by atoms with Gasteiger partial charge in [0, 0.05) is 29.2 Å². The maximum atomic E-state index is 12.7. The van der Waals surface area contributed by atoms with E-state index in [1.54, 1.807) is 24.3 Å². The molecular weight excluding hydrogens is 532 g/mol. The van der Waals surface area contributed by atoms with Crippen LogP contribution in [0, 0.1) is 22.7 Å². The summed E-state index contributed by atoms with van der Waals surface area (Å²) in [5.41, 5.74) is 3.99. The van der Waals surface area contributed by atoms with Crippen molar-refractivity contribution in [3.63, 3.8) is 0 Å². The molecule has 0 radical (unpaired) electrons. The fourth-order valence-electron chi connectivity index (χ4n) is 3.93. The van der Waals surface area contributed by atoms with E-state index in [1.165, 1.54) is 13.2 Å². The number of rotatable bonds is 9. The van der Waals surface area contributed by atoms with Crippen molar-refractivity contribution in [2.24, 2.45) is 0 Å². The molecule has 1 aromatic heterocycles. The second kappa shape index (κ2) is 11.9. The first-order valence-electron chi connectivity index (χ1n) is 11.5. The summed E-state index contributed by atoms with van der Waals surface area (Å²) < 4.78 is 12.0. The van der Waals surface area contributed by atoms with E-state index in [-0.39, 0.29) is 12.2 Å². The summed E-state index contributed by atoms with van der Waals surface area (Å²) in [4.78, 5) is 15.9. The summed E-state index contributed by atoms with van der Waals surface area (Å²) in [5, 5.41) is 22.8. The highest BCUT2D eigenvalue weighted by molar-refractivity contribution is 9.10. The average Bonchev–Trinajstić information content (AvgIpc) is 3.33. The van der Waals surface area contributed by atoms with Crippen molar-refractivity contribution in [2.45, 2.75) is 13.0 Å². The van der Waals surface area contributed by atoms with E-state index in [2.05, 4.69) is 32.3 Å². The van der Waals surface area contributed by atoms with E-state index in [1.807, 2.05) is 48.7 Å². The molecule has 37 heavy (non-hydrogen) atoms. The van der Waals surface area contributed by atoms with Crippen LogP contribution in [0.3, 0.4) is 0 Å². The Bertz CT molecular complexity index is 1560. The summed E-state index contributed by atoms with van der Waals surface area (Å²) >= 11 is 3.49. The van der Waals surface area contributed by atoms with Gasteiger partial charge < -0.3 is 19.8 Å². The number of ether oxygens (including phenoxy) is 2. The molecule has 0 fully saturated rings. The smallest absolute Gasteiger partial charge is 0.261 e. The molecule has 8 heteroatoms. The third-order valence-corrected chi connectivity index (χ3v) is 6.38. The largest absolute Gasteiger partial charge is 0.493 e. The molecule has 7 nitrogen and oxygen atoms in total. The van der Waals surface area contributed by atoms with E-state index in [9.17, 15) is 15.3 Å². The van der Waals surface area contributed by atoms with Crippen LogP contribution in [0.2, 0.25) is 0 Å². The molecule has 4 aromatic rings. The summed E-state index contributed by atoms with van der Waals surface area (Å²) in [7, 11) is 1.51. The van der Waals surface area contributed by atoms with E-state index in [4.69, 9.17) is 9.47 Å². The Hall–Kier alpha value is -4.53. The van der Waals surface area contributed by atoms with Crippen LogP contribution in [0.25, 0.3) is 17.0 Å². The van der Waals surface area contributed by atoms with Crippen LogP contribution >= 0.6 is 15.9 Å². The molecule has 0 aliphatic carbocycles. The third kappa shape index (κ3) is 6.00. The molecule has 0 saturated heterocycles. The Morgan fingerprint density at radius 1 is 1.11 bits per heavy atom. The number of methoxy groups -OCH3 is 1. The predicted molar refractivity (Wildman–Crippen MR) is 145 cm³/mol. The molecule has 0 saturated carbocycles. The number of carbonyl (C=O) groups excluding carboxylic acids is 1. The monoisotopic (exact) mass is 554 g/mol. The van der Waals surface area contributed by atoms with Crippen LogP contribution in [0.1, 0.15) is 22.3 Å². The van der Waals surface area contributed by atoms with Crippen molar-refractivity contribution in [1.82, 2.24) is 10.3 Å². The number of halogens is 1. The van der Waals surface area contributed by atoms with Gasteiger partial charge in [-0.2, -0.15) is 10.5 Å². The first-order chi connectivity index (χ1) is 18.0. The highest BCUT2D eigenvalue weighted by Crippen LogP contribution is 2.38. The van der Waals surface area contributed by atoms with E-state index < -0.39 is 5.91 Å². The van der Waals surface area contributed by atoms with E-state index in [0.29, 0.717) is 40.1 Å². The van der Waals surface area contributed by atoms with Crippen LogP contribution in [0.5, 0.6) is 11.5 Å². The normalized spacial score (nSPS) is 11.0. The minimum atomic E-state index is -0.453. The van der Waals surface area contributed by atoms with Gasteiger partial charge in [0.25, 0.3) is 5.91 Å². The quantitative estimate of drug-likeness (QED) is 0.205. The number of para-hydroxylation sites is 1. The van der Waals surface area contributed by atoms with E-state index >= 15 is 0 Å². The van der Waals surface area contributed by atoms with Gasteiger partial charge in [-0.15, -0.1) is 0 Å². The zero-order valence-corrected chi connectivity index (χ0v) is 21.6. The zero-order chi connectivity index (χ0) is 26.2. The van der Waals surface area contributed by atoms with Crippen molar-refractivity contribution in [2.75, 3.05) is 13.7 Å². The molecule has 4 rings (SSSR count). The molecule has 2 N–H and O–H groups in total. The lowest BCUT2D eigenvalue weighted by molar-refractivity contribution is -0.117. The molecule has 1 heterocycles. The molecule has 0 unspecified atom stereocenters. The van der Waals surface area contributed by atoms with Gasteiger partial charge >= 0.3 is 0 Å². The fraction of sp³-hybridized carbons (Fsp3) is 0.138. The minimum absolute atomic E-state index is 0.0236. The molecule has 184 valence electrons. The lowest BCUT2D eigenvalue weighted by Crippen LogP contribution is -2.26. The molecule has 3 aromatic carbocycles. The van der Waals surface area contributed by atoms with Crippen LogP contribution < -0.4 is 14.8 Å². The fourth-order valence-corrected chi connectivity index (χ4v) is 4.50. The van der Waals surface area contributed by atoms with Gasteiger partial charge in [-0.05, 0) is 63.8 Å². The van der Waals surface area contributed by atoms with Crippen LogP contribution in [0.15, 0.2) is 76.9 Å². The Morgan fingerprint density at radius 3 is 2.68 bits per heavy atom. The van der Waals surface area contributed by atoms with Crippen molar-refractivity contribution < 1.29 is 14.3 Å². The Balaban J connectivity index is 1.45. The van der Waals surface area contributed by atoms with Gasteiger partial charge in [-0.3, -0.25) is 4.79 Å². The summed E-state index contributed by atoms with van der Waals surface area (Å²) in [6.07, 6.45) is 4.07. The van der Waals surface area contributed by atoms with Gasteiger partial charge in [0.2, 0.25) is 0 Å². The third-order valence-electron chi connectivity index (χ3n) is 5.79. The Morgan fingerprint density at radius 2 is 1.89 bits per heavy atom. The van der Waals surface area contributed by atoms with Gasteiger partial charge in [0.15, 0.2) is 11.5 Å². The lowest BCUT2D eigenvalue weighted by Gasteiger charge is -2.14. The highest BCUT2D eigenvalue weighted by atomic mass is 79.9. The van der Waals surface area contributed by atoms with Gasteiger partial charge in [-0.1, -0.05) is 36.4 Å². The molecular formula is C29H23BrN4O3. The second-order valence-corrected chi connectivity index (χ2v) is 8.98. The summed E-state index contributed by atoms with van der Waals surface area (Å²) in [6, 6.07) is 22.7. The van der Waals surface area contributed by atoms with Crippen molar-refractivity contribution in [1.29, 1.82) is 10.5 Å². The molecule has 0 bridgehead atoms. The van der Waals surface area contributed by atoms with Crippen molar-refractivity contribution in [3.8, 4) is 23.6 Å². The number of carbonyl (C=O) groups is 1. The van der Waals surface area contributed by atoms with Gasteiger partial charge in [0.05, 0.1) is 23.2 Å². The maximum absolute atomic E-state index is 12.7. The topological polar surface area (TPSA) is 111 Å². The first kappa shape index (κ1) is 25.6. The highest BCUT2D eigenvalue weighted by Gasteiger charge is 2.15. The number of nitrogens with zero attached hydrogens (tertiary/aromatic N) is 2. The SMILES string of the molecule is COc1cc(/C=C(/C#N)C(=O)NCCc2c[nH]c3ccccc23)cc(Br)c1OCc1ccccc1C#N. The molecule has 1 amide bonds. The number of benzene rings is 3. The molecule has 0 aliphatic rings. The van der Waals surface area contributed by atoms with Crippen molar-refractivity contribution >= 4 is 38.8 Å². The number of nitrogens with one attached hydrogen (secondary N) is 2. The minimum Gasteiger partial charge on any atom is -0.493 e. The first-order valence-corrected chi connectivity index (χ1v) is 12.3. The number of amides is 1. The van der Waals surface area contributed by atoms with Crippen LogP contribution in [-0.4, -0.2) is 24.5 Å². The predicted octanol–water partition coefficient (Wildman–Crippen LogP) is 5.66. The maximum Gasteiger partial charge on any atom is 0.261 e. The Kier molecular flexibility index (Phi) is 8.25. The van der Waals surface area contributed by atoms with E-state index in [0.717, 1.165) is 22.0 Å². The summed E-state index contributed by atoms with van der Waals surface area (Å²) in [5.74, 6) is 0.423. The zero-order valence-electron chi connectivity index (χ0n) is 20.0. The van der Waals surface area contributed by atoms with Gasteiger partial charge in [0.1, 0.15) is 18.2 Å². The number of hydrogen-bond acceptors (Lipinski definition) is 5. The summed E-state index contributed by atoms with van der Waals surface area (Å²) in [6.45, 7) is 0.569. The standard InChI is InChI=1S/C29H23BrN4O3/c1-36-27-14-19(13-25(30)28(27)37-18-22-7-3-2-6-20(22)15-31)12-23(16-32)29(35)33-11-10-21-17-34-26-9-5-4-8-24(21)26/h2-9,12-14,17,34H,10-11,18H2,1H3,(H,33,35)/b23-12-. The van der Waals surface area contributed by atoms with Crippen LogP contribution in [-0.2, 0) is 17.8 Å². The molecule has 0 atom stereocenters. The number of nitriles is 2. The number of H-pyrrole nitrogens is 1. The van der Waals surface area contributed by atoms with Crippen LogP contribution in [0.4, 0.5) is 0 Å². The Labute approximate surface area is 223 Å². The second-order valence-electron chi connectivity index (χ2n) is 8.13. The molecule has 0 spiro atoms. The van der Waals surface area contributed by atoms with Gasteiger partial charge in [-0.25, -0.2) is 0 Å². The number of aromatic amines is 1. The average molecular weight is 555 g/mol. The number of fused-ring (bicyclic) bond motifs is 1. The lowest BCUT2D eigenvalue weighted by atomic mass is 10.1. The number of hydrogen-bond donors (Lipinski definition) is 2. The number of aromatic nitrogens is 1. The molecule has 0 aliphatic heterocycles.